The molecule has 4 rings (SSSR count). The molecule has 2 aromatic heterocycles. The highest BCUT2D eigenvalue weighted by Gasteiger charge is 2.32. The zero-order valence-corrected chi connectivity index (χ0v) is 15.3. The van der Waals surface area contributed by atoms with Gasteiger partial charge in [0.05, 0.1) is 19.8 Å². The molecule has 0 bridgehead atoms. The van der Waals surface area contributed by atoms with Crippen molar-refractivity contribution >= 4 is 17.4 Å². The van der Waals surface area contributed by atoms with Crippen LogP contribution in [0, 0.1) is 6.92 Å². The number of carbonyl (C=O) groups is 1. The fourth-order valence-electron chi connectivity index (χ4n) is 3.58. The summed E-state index contributed by atoms with van der Waals surface area (Å²) >= 11 is 0. The van der Waals surface area contributed by atoms with Crippen LogP contribution in [0.1, 0.15) is 29.0 Å². The molecule has 0 unspecified atom stereocenters. The Bertz CT molecular complexity index is 1120. The van der Waals surface area contributed by atoms with Crippen LogP contribution in [0.2, 0.25) is 0 Å². The quantitative estimate of drug-likeness (QED) is 0.771. The molecular weight excluding hydrogens is 346 g/mol. The van der Waals surface area contributed by atoms with Crippen molar-refractivity contribution in [2.75, 3.05) is 19.5 Å². The molecule has 1 N–H and O–H groups in total. The number of aryl methyl sites for hydroxylation is 1. The normalized spacial score (nSPS) is 16.0. The molecule has 0 spiro atoms. The Kier molecular flexibility index (Phi) is 4.07. The molecule has 1 atom stereocenters. The third kappa shape index (κ3) is 2.71. The van der Waals surface area contributed by atoms with Gasteiger partial charge in [-0.3, -0.25) is 14.0 Å². The first-order chi connectivity index (χ1) is 13.0. The van der Waals surface area contributed by atoms with Crippen LogP contribution in [0.3, 0.4) is 0 Å². The van der Waals surface area contributed by atoms with E-state index in [0.29, 0.717) is 28.5 Å². The molecule has 0 fully saturated rings. The van der Waals surface area contributed by atoms with Gasteiger partial charge in [-0.05, 0) is 36.2 Å². The van der Waals surface area contributed by atoms with Crippen molar-refractivity contribution in [3.8, 4) is 11.5 Å². The lowest BCUT2D eigenvalue weighted by Gasteiger charge is -2.26. The Morgan fingerprint density at radius 1 is 1.15 bits per heavy atom. The van der Waals surface area contributed by atoms with E-state index < -0.39 is 5.92 Å². The van der Waals surface area contributed by atoms with Crippen molar-refractivity contribution < 1.29 is 14.3 Å². The predicted octanol–water partition coefficient (Wildman–Crippen LogP) is 2.49. The highest BCUT2D eigenvalue weighted by Crippen LogP contribution is 2.38. The summed E-state index contributed by atoms with van der Waals surface area (Å²) in [5.41, 5.74) is 2.34. The van der Waals surface area contributed by atoms with Gasteiger partial charge < -0.3 is 14.8 Å². The number of amides is 1. The van der Waals surface area contributed by atoms with Gasteiger partial charge in [0.25, 0.3) is 5.56 Å². The van der Waals surface area contributed by atoms with Crippen LogP contribution < -0.4 is 20.3 Å². The topological polar surface area (TPSA) is 81.9 Å². The number of methoxy groups -OCH3 is 2. The Labute approximate surface area is 155 Å². The van der Waals surface area contributed by atoms with Gasteiger partial charge in [-0.25, -0.2) is 0 Å². The van der Waals surface area contributed by atoms with Crippen LogP contribution in [0.4, 0.5) is 5.82 Å². The first-order valence-electron chi connectivity index (χ1n) is 8.57. The van der Waals surface area contributed by atoms with Crippen molar-refractivity contribution in [1.82, 2.24) is 9.38 Å². The zero-order valence-electron chi connectivity index (χ0n) is 15.3. The summed E-state index contributed by atoms with van der Waals surface area (Å²) in [5.74, 6) is 1.05. The number of anilines is 1. The molecule has 1 aromatic carbocycles. The minimum absolute atomic E-state index is 0.150. The van der Waals surface area contributed by atoms with E-state index in [1.165, 1.54) is 0 Å². The van der Waals surface area contributed by atoms with E-state index in [1.54, 1.807) is 36.9 Å². The van der Waals surface area contributed by atoms with Crippen LogP contribution in [-0.2, 0) is 4.79 Å². The average molecular weight is 365 g/mol. The number of pyridine rings is 1. The Morgan fingerprint density at radius 3 is 2.67 bits per heavy atom. The summed E-state index contributed by atoms with van der Waals surface area (Å²) in [7, 11) is 3.11. The third-order valence-corrected chi connectivity index (χ3v) is 4.90. The number of aromatic nitrogens is 2. The molecule has 3 aromatic rings. The minimum Gasteiger partial charge on any atom is -0.493 e. The van der Waals surface area contributed by atoms with E-state index >= 15 is 0 Å². The number of hydrogen-bond acceptors (Lipinski definition) is 5. The number of hydrogen-bond donors (Lipinski definition) is 1. The molecule has 0 aliphatic carbocycles. The molecule has 1 aliphatic heterocycles. The van der Waals surface area contributed by atoms with Gasteiger partial charge in [-0.15, -0.1) is 0 Å². The van der Waals surface area contributed by atoms with Gasteiger partial charge in [0, 0.05) is 18.5 Å². The van der Waals surface area contributed by atoms with Crippen molar-refractivity contribution in [3.05, 3.63) is 63.6 Å². The average Bonchev–Trinajstić information content (AvgIpc) is 2.67. The van der Waals surface area contributed by atoms with Crippen LogP contribution in [0.15, 0.2) is 41.3 Å². The number of rotatable bonds is 3. The first kappa shape index (κ1) is 17.1. The SMILES string of the molecule is COc1ccc([C@H]2CC(=O)Nc3c2c(=O)nc2c(C)cccn32)cc1OC. The van der Waals surface area contributed by atoms with Crippen LogP contribution in [-0.4, -0.2) is 29.5 Å². The maximum absolute atomic E-state index is 12.9. The fraction of sp³-hybridized carbons (Fsp3) is 0.250. The summed E-state index contributed by atoms with van der Waals surface area (Å²) in [6.45, 7) is 1.88. The number of carbonyl (C=O) groups excluding carboxylic acids is 1. The number of nitrogens with one attached hydrogen (secondary N) is 1. The molecule has 138 valence electrons. The number of nitrogens with zero attached hydrogens (tertiary/aromatic N) is 2. The molecular formula is C20H19N3O4. The van der Waals surface area contributed by atoms with Crippen molar-refractivity contribution in [3.63, 3.8) is 0 Å². The van der Waals surface area contributed by atoms with Gasteiger partial charge in [0.1, 0.15) is 11.5 Å². The molecule has 0 saturated heterocycles. The lowest BCUT2D eigenvalue weighted by Crippen LogP contribution is -2.32. The first-order valence-corrected chi connectivity index (χ1v) is 8.57. The maximum atomic E-state index is 12.9. The summed E-state index contributed by atoms with van der Waals surface area (Å²) in [5, 5.41) is 2.85. The summed E-state index contributed by atoms with van der Waals surface area (Å²) in [6, 6.07) is 9.16. The molecule has 7 nitrogen and oxygen atoms in total. The summed E-state index contributed by atoms with van der Waals surface area (Å²) in [4.78, 5) is 29.6. The van der Waals surface area contributed by atoms with Crippen LogP contribution >= 0.6 is 0 Å². The van der Waals surface area contributed by atoms with E-state index in [0.717, 1.165) is 11.1 Å². The lowest BCUT2D eigenvalue weighted by atomic mass is 9.86. The predicted molar refractivity (Wildman–Crippen MR) is 101 cm³/mol. The standard InChI is InChI=1S/C20H19N3O4/c1-11-5-4-8-23-18(11)22-20(25)17-13(10-16(24)21-19(17)23)12-6-7-14(26-2)15(9-12)27-3/h4-9,13H,10H2,1-3H3,(H,21,24)/t13-/m1/s1. The monoisotopic (exact) mass is 365 g/mol. The number of fused-ring (bicyclic) bond motifs is 3. The second-order valence-corrected chi connectivity index (χ2v) is 6.48. The van der Waals surface area contributed by atoms with E-state index in [4.69, 9.17) is 9.47 Å². The number of ether oxygens (including phenoxy) is 2. The largest absolute Gasteiger partial charge is 0.493 e. The smallest absolute Gasteiger partial charge is 0.279 e. The third-order valence-electron chi connectivity index (χ3n) is 4.90. The Morgan fingerprint density at radius 2 is 1.93 bits per heavy atom. The molecule has 7 heteroatoms. The number of benzene rings is 1. The summed E-state index contributed by atoms with van der Waals surface area (Å²) in [6.07, 6.45) is 1.96. The highest BCUT2D eigenvalue weighted by molar-refractivity contribution is 5.94. The van der Waals surface area contributed by atoms with Gasteiger partial charge in [-0.1, -0.05) is 12.1 Å². The van der Waals surface area contributed by atoms with E-state index in [2.05, 4.69) is 10.3 Å². The molecule has 1 aliphatic rings. The summed E-state index contributed by atoms with van der Waals surface area (Å²) < 4.78 is 12.4. The van der Waals surface area contributed by atoms with Gasteiger partial charge in [0.2, 0.25) is 5.91 Å². The molecule has 0 saturated carbocycles. The van der Waals surface area contributed by atoms with Crippen molar-refractivity contribution in [2.24, 2.45) is 0 Å². The second kappa shape index (κ2) is 6.42. The van der Waals surface area contributed by atoms with Gasteiger partial charge >= 0.3 is 0 Å². The van der Waals surface area contributed by atoms with Crippen LogP contribution in [0.25, 0.3) is 5.65 Å². The fourth-order valence-corrected chi connectivity index (χ4v) is 3.58. The van der Waals surface area contributed by atoms with Crippen LogP contribution in [0.5, 0.6) is 11.5 Å². The van der Waals surface area contributed by atoms with Crippen molar-refractivity contribution in [2.45, 2.75) is 19.3 Å². The van der Waals surface area contributed by atoms with Gasteiger partial charge in [-0.2, -0.15) is 4.98 Å². The molecule has 3 heterocycles. The minimum atomic E-state index is -0.411. The van der Waals surface area contributed by atoms with E-state index in [9.17, 15) is 9.59 Å². The van der Waals surface area contributed by atoms with Gasteiger partial charge in [0.15, 0.2) is 11.5 Å². The lowest BCUT2D eigenvalue weighted by molar-refractivity contribution is -0.116. The second-order valence-electron chi connectivity index (χ2n) is 6.48. The maximum Gasteiger partial charge on any atom is 0.279 e. The van der Waals surface area contributed by atoms with E-state index in [-0.39, 0.29) is 17.9 Å². The molecule has 27 heavy (non-hydrogen) atoms. The Hall–Kier alpha value is -3.35. The van der Waals surface area contributed by atoms with Crippen molar-refractivity contribution in [1.29, 1.82) is 0 Å². The Balaban J connectivity index is 1.97. The molecule has 1 amide bonds. The zero-order chi connectivity index (χ0) is 19.1. The highest BCUT2D eigenvalue weighted by atomic mass is 16.5. The van der Waals surface area contributed by atoms with E-state index in [1.807, 2.05) is 25.1 Å². The molecule has 0 radical (unpaired) electrons.